The van der Waals surface area contributed by atoms with E-state index in [0.717, 1.165) is 12.8 Å². The van der Waals surface area contributed by atoms with Gasteiger partial charge in [0.2, 0.25) is 0 Å². The summed E-state index contributed by atoms with van der Waals surface area (Å²) in [5, 5.41) is 0. The molecule has 0 aliphatic heterocycles. The molecule has 2 heteroatoms. The first kappa shape index (κ1) is 15.5. The van der Waals surface area contributed by atoms with Crippen LogP contribution in [0.4, 0.5) is 0 Å². The summed E-state index contributed by atoms with van der Waals surface area (Å²) < 4.78 is 5.34. The average molecular weight is 228 g/mol. The molecule has 0 aromatic heterocycles. The Balaban J connectivity index is 3.67. The first-order valence-electron chi connectivity index (χ1n) is 6.87. The number of hydrogen-bond acceptors (Lipinski definition) is 2. The number of carbonyl (C=O) groups is 1. The third-order valence-corrected chi connectivity index (χ3v) is 2.84. The highest BCUT2D eigenvalue weighted by atomic mass is 16.5. The fourth-order valence-corrected chi connectivity index (χ4v) is 1.92. The monoisotopic (exact) mass is 228 g/mol. The fraction of sp³-hybridized carbons (Fsp3) is 0.929. The molecule has 0 spiro atoms. The molecular weight excluding hydrogens is 200 g/mol. The number of carbonyl (C=O) groups excluding carboxylic acids is 1. The maximum absolute atomic E-state index is 11.0. The largest absolute Gasteiger partial charge is 0.463 e. The summed E-state index contributed by atoms with van der Waals surface area (Å²) in [5.41, 5.74) is 0. The predicted octanol–water partition coefficient (Wildman–Crippen LogP) is 4.47. The summed E-state index contributed by atoms with van der Waals surface area (Å²) in [5.74, 6) is -0.128. The van der Waals surface area contributed by atoms with Crippen molar-refractivity contribution in [2.75, 3.05) is 0 Å². The fourth-order valence-electron chi connectivity index (χ4n) is 1.92. The Labute approximate surface area is 101 Å². The quantitative estimate of drug-likeness (QED) is 0.407. The van der Waals surface area contributed by atoms with Crippen LogP contribution in [0.1, 0.15) is 78.6 Å². The molecule has 0 fully saturated rings. The van der Waals surface area contributed by atoms with E-state index in [-0.39, 0.29) is 12.1 Å². The molecule has 96 valence electrons. The molecule has 0 aromatic carbocycles. The van der Waals surface area contributed by atoms with Crippen LogP contribution in [0, 0.1) is 0 Å². The lowest BCUT2D eigenvalue weighted by Crippen LogP contribution is -2.16. The first-order chi connectivity index (χ1) is 7.70. The summed E-state index contributed by atoms with van der Waals surface area (Å²) in [6, 6.07) is 0. The zero-order valence-electron chi connectivity index (χ0n) is 11.3. The van der Waals surface area contributed by atoms with Crippen molar-refractivity contribution in [2.45, 2.75) is 84.7 Å². The van der Waals surface area contributed by atoms with Crippen molar-refractivity contribution in [1.29, 1.82) is 0 Å². The van der Waals surface area contributed by atoms with Gasteiger partial charge in [-0.1, -0.05) is 46.0 Å². The van der Waals surface area contributed by atoms with E-state index in [9.17, 15) is 4.79 Å². The number of rotatable bonds is 10. The molecule has 0 aliphatic rings. The molecule has 0 radical (unpaired) electrons. The minimum Gasteiger partial charge on any atom is -0.463 e. The van der Waals surface area contributed by atoms with Crippen molar-refractivity contribution in [3.63, 3.8) is 0 Å². The highest BCUT2D eigenvalue weighted by Gasteiger charge is 2.10. The van der Waals surface area contributed by atoms with Crippen molar-refractivity contribution >= 4 is 5.97 Å². The van der Waals surface area contributed by atoms with E-state index in [0.29, 0.717) is 0 Å². The van der Waals surface area contributed by atoms with Crippen LogP contribution in [0.5, 0.6) is 0 Å². The normalized spacial score (nSPS) is 12.4. The number of unbranched alkanes of at least 4 members (excludes halogenated alkanes) is 5. The van der Waals surface area contributed by atoms with Gasteiger partial charge in [-0.2, -0.15) is 0 Å². The molecule has 1 atom stereocenters. The Kier molecular flexibility index (Phi) is 10.6. The lowest BCUT2D eigenvalue weighted by atomic mass is 10.0. The standard InChI is InChI=1S/C14H28O2/c1-4-6-8-10-12-14(16-13(3)15)11-9-7-5-2/h14H,4-12H2,1-3H3. The Hall–Kier alpha value is -0.530. The molecule has 0 rings (SSSR count). The topological polar surface area (TPSA) is 26.3 Å². The van der Waals surface area contributed by atoms with Gasteiger partial charge in [-0.05, 0) is 25.7 Å². The highest BCUT2D eigenvalue weighted by molar-refractivity contribution is 5.66. The molecule has 1 unspecified atom stereocenters. The third kappa shape index (κ3) is 10.0. The van der Waals surface area contributed by atoms with Crippen LogP contribution in [0.15, 0.2) is 0 Å². The summed E-state index contributed by atoms with van der Waals surface area (Å²) in [6.07, 6.45) is 10.9. The molecule has 16 heavy (non-hydrogen) atoms. The summed E-state index contributed by atoms with van der Waals surface area (Å²) in [6.45, 7) is 5.92. The van der Waals surface area contributed by atoms with Gasteiger partial charge in [0.05, 0.1) is 0 Å². The van der Waals surface area contributed by atoms with Crippen LogP contribution in [-0.4, -0.2) is 12.1 Å². The zero-order valence-corrected chi connectivity index (χ0v) is 11.3. The summed E-state index contributed by atoms with van der Waals surface area (Å²) >= 11 is 0. The molecule has 0 bridgehead atoms. The van der Waals surface area contributed by atoms with Gasteiger partial charge < -0.3 is 4.74 Å². The van der Waals surface area contributed by atoms with Gasteiger partial charge in [0.15, 0.2) is 0 Å². The Morgan fingerprint density at radius 2 is 1.44 bits per heavy atom. The Morgan fingerprint density at radius 3 is 1.94 bits per heavy atom. The van der Waals surface area contributed by atoms with E-state index in [1.807, 2.05) is 0 Å². The van der Waals surface area contributed by atoms with Crippen LogP contribution in [0.25, 0.3) is 0 Å². The Morgan fingerprint density at radius 1 is 0.938 bits per heavy atom. The Bertz CT molecular complexity index is 166. The summed E-state index contributed by atoms with van der Waals surface area (Å²) in [4.78, 5) is 11.0. The molecule has 0 saturated carbocycles. The van der Waals surface area contributed by atoms with Gasteiger partial charge in [-0.15, -0.1) is 0 Å². The van der Waals surface area contributed by atoms with Crippen LogP contribution in [-0.2, 0) is 9.53 Å². The van der Waals surface area contributed by atoms with Crippen molar-refractivity contribution in [3.05, 3.63) is 0 Å². The maximum Gasteiger partial charge on any atom is 0.302 e. The van der Waals surface area contributed by atoms with Crippen LogP contribution in [0.3, 0.4) is 0 Å². The molecule has 0 aromatic rings. The van der Waals surface area contributed by atoms with E-state index in [1.54, 1.807) is 0 Å². The van der Waals surface area contributed by atoms with Gasteiger partial charge in [0, 0.05) is 6.92 Å². The molecule has 2 nitrogen and oxygen atoms in total. The van der Waals surface area contributed by atoms with Gasteiger partial charge in [-0.3, -0.25) is 4.79 Å². The summed E-state index contributed by atoms with van der Waals surface area (Å²) in [7, 11) is 0. The van der Waals surface area contributed by atoms with Crippen LogP contribution >= 0.6 is 0 Å². The minimum absolute atomic E-state index is 0.128. The maximum atomic E-state index is 11.0. The highest BCUT2D eigenvalue weighted by Crippen LogP contribution is 2.14. The van der Waals surface area contributed by atoms with Crippen LogP contribution < -0.4 is 0 Å². The van der Waals surface area contributed by atoms with Crippen molar-refractivity contribution < 1.29 is 9.53 Å². The van der Waals surface area contributed by atoms with Crippen LogP contribution in [0.2, 0.25) is 0 Å². The second-order valence-electron chi connectivity index (χ2n) is 4.58. The predicted molar refractivity (Wildman–Crippen MR) is 68.5 cm³/mol. The van der Waals surface area contributed by atoms with E-state index < -0.39 is 0 Å². The molecule has 0 heterocycles. The van der Waals surface area contributed by atoms with Crippen molar-refractivity contribution in [2.24, 2.45) is 0 Å². The van der Waals surface area contributed by atoms with E-state index in [2.05, 4.69) is 13.8 Å². The minimum atomic E-state index is -0.128. The van der Waals surface area contributed by atoms with E-state index >= 15 is 0 Å². The van der Waals surface area contributed by atoms with Gasteiger partial charge >= 0.3 is 5.97 Å². The second-order valence-corrected chi connectivity index (χ2v) is 4.58. The molecule has 0 saturated heterocycles. The SMILES string of the molecule is CCCCCCC(CCCCC)OC(C)=O. The van der Waals surface area contributed by atoms with E-state index in [1.165, 1.54) is 51.9 Å². The zero-order chi connectivity index (χ0) is 12.2. The van der Waals surface area contributed by atoms with Gasteiger partial charge in [0.25, 0.3) is 0 Å². The van der Waals surface area contributed by atoms with E-state index in [4.69, 9.17) is 4.74 Å². The second kappa shape index (κ2) is 11.0. The number of ether oxygens (including phenoxy) is 1. The average Bonchev–Trinajstić information content (AvgIpc) is 2.23. The first-order valence-corrected chi connectivity index (χ1v) is 6.87. The number of esters is 1. The lowest BCUT2D eigenvalue weighted by Gasteiger charge is -2.16. The molecular formula is C14H28O2. The van der Waals surface area contributed by atoms with Crippen molar-refractivity contribution in [1.82, 2.24) is 0 Å². The molecule has 0 aliphatic carbocycles. The molecule has 0 N–H and O–H groups in total. The third-order valence-electron chi connectivity index (χ3n) is 2.84. The van der Waals surface area contributed by atoms with Gasteiger partial charge in [-0.25, -0.2) is 0 Å². The smallest absolute Gasteiger partial charge is 0.302 e. The van der Waals surface area contributed by atoms with Gasteiger partial charge in [0.1, 0.15) is 6.10 Å². The van der Waals surface area contributed by atoms with Crippen molar-refractivity contribution in [3.8, 4) is 0 Å². The number of hydrogen-bond donors (Lipinski definition) is 0. The molecule has 0 amide bonds. The lowest BCUT2D eigenvalue weighted by molar-refractivity contribution is -0.147.